The van der Waals surface area contributed by atoms with Crippen molar-refractivity contribution in [2.45, 2.75) is 50.9 Å². The highest BCUT2D eigenvalue weighted by molar-refractivity contribution is 5.66. The van der Waals surface area contributed by atoms with Gasteiger partial charge in [-0.15, -0.1) is 0 Å². The molecule has 0 saturated heterocycles. The van der Waals surface area contributed by atoms with Gasteiger partial charge in [-0.25, -0.2) is 0 Å². The van der Waals surface area contributed by atoms with Crippen molar-refractivity contribution in [3.8, 4) is 0 Å². The maximum Gasteiger partial charge on any atom is 0.303 e. The summed E-state index contributed by atoms with van der Waals surface area (Å²) in [6, 6.07) is 4.29. The second-order valence-corrected chi connectivity index (χ2v) is 6.80. The van der Waals surface area contributed by atoms with Crippen LogP contribution in [0.3, 0.4) is 0 Å². The Kier molecular flexibility index (Phi) is 4.91. The Balaban J connectivity index is 1.57. The number of nitrogens with zero attached hydrogens (tertiary/aromatic N) is 1. The molecule has 22 heavy (non-hydrogen) atoms. The summed E-state index contributed by atoms with van der Waals surface area (Å²) in [4.78, 5) is 14.8. The third-order valence-corrected chi connectivity index (χ3v) is 5.49. The Hall–Kier alpha value is -1.64. The summed E-state index contributed by atoms with van der Waals surface area (Å²) in [6.07, 6.45) is 15.6. The first-order valence-corrected chi connectivity index (χ1v) is 8.52. The quantitative estimate of drug-likeness (QED) is 0.599. The summed E-state index contributed by atoms with van der Waals surface area (Å²) >= 11 is 0. The number of pyridine rings is 1. The SMILES string of the molecule is O=C(O)CCC/C=C\C[C@@H]1[C@H]2CC[C@H](C2)[C@@H]1c1cccnc1. The summed E-state index contributed by atoms with van der Waals surface area (Å²) in [5, 5.41) is 8.64. The van der Waals surface area contributed by atoms with Crippen molar-refractivity contribution in [2.24, 2.45) is 17.8 Å². The summed E-state index contributed by atoms with van der Waals surface area (Å²) in [7, 11) is 0. The molecular formula is C19H25NO2. The van der Waals surface area contributed by atoms with Crippen LogP contribution in [-0.2, 0) is 4.79 Å². The minimum absolute atomic E-state index is 0.275. The van der Waals surface area contributed by atoms with E-state index in [2.05, 4.69) is 35.5 Å². The molecule has 0 radical (unpaired) electrons. The van der Waals surface area contributed by atoms with Gasteiger partial charge in [0.25, 0.3) is 0 Å². The third-order valence-electron chi connectivity index (χ3n) is 5.49. The fraction of sp³-hybridized carbons (Fsp3) is 0.579. The van der Waals surface area contributed by atoms with E-state index < -0.39 is 5.97 Å². The number of rotatable bonds is 7. The summed E-state index contributed by atoms with van der Waals surface area (Å²) in [6.45, 7) is 0. The van der Waals surface area contributed by atoms with Gasteiger partial charge in [-0.3, -0.25) is 9.78 Å². The van der Waals surface area contributed by atoms with Crippen LogP contribution in [0.2, 0.25) is 0 Å². The van der Waals surface area contributed by atoms with Gasteiger partial charge in [0, 0.05) is 18.8 Å². The Bertz CT molecular complexity index is 525. The number of carboxylic acids is 1. The monoisotopic (exact) mass is 299 g/mol. The molecule has 0 aromatic carbocycles. The lowest BCUT2D eigenvalue weighted by atomic mass is 9.74. The van der Waals surface area contributed by atoms with Gasteiger partial charge in [0.05, 0.1) is 0 Å². The van der Waals surface area contributed by atoms with Crippen molar-refractivity contribution < 1.29 is 9.90 Å². The topological polar surface area (TPSA) is 50.2 Å². The molecule has 1 N–H and O–H groups in total. The van der Waals surface area contributed by atoms with Crippen LogP contribution in [0.25, 0.3) is 0 Å². The van der Waals surface area contributed by atoms with Crippen LogP contribution >= 0.6 is 0 Å². The lowest BCUT2D eigenvalue weighted by Crippen LogP contribution is -2.20. The van der Waals surface area contributed by atoms with E-state index in [0.717, 1.165) is 37.0 Å². The van der Waals surface area contributed by atoms with Gasteiger partial charge in [0.2, 0.25) is 0 Å². The first-order valence-electron chi connectivity index (χ1n) is 8.52. The molecule has 3 nitrogen and oxygen atoms in total. The van der Waals surface area contributed by atoms with Gasteiger partial charge in [-0.1, -0.05) is 18.2 Å². The fourth-order valence-corrected chi connectivity index (χ4v) is 4.58. The number of hydrogen-bond donors (Lipinski definition) is 1. The molecule has 1 heterocycles. The number of allylic oxidation sites excluding steroid dienone is 2. The maximum atomic E-state index is 10.5. The molecule has 1 aromatic heterocycles. The van der Waals surface area contributed by atoms with Gasteiger partial charge in [0.15, 0.2) is 0 Å². The molecule has 118 valence electrons. The van der Waals surface area contributed by atoms with E-state index >= 15 is 0 Å². The molecule has 0 aliphatic heterocycles. The van der Waals surface area contributed by atoms with Crippen LogP contribution in [0, 0.1) is 17.8 Å². The molecule has 0 spiro atoms. The summed E-state index contributed by atoms with van der Waals surface area (Å²) < 4.78 is 0. The Morgan fingerprint density at radius 3 is 2.95 bits per heavy atom. The van der Waals surface area contributed by atoms with Gasteiger partial charge in [-0.2, -0.15) is 0 Å². The molecule has 2 saturated carbocycles. The summed E-state index contributed by atoms with van der Waals surface area (Å²) in [5.41, 5.74) is 1.42. The average Bonchev–Trinajstić information content (AvgIpc) is 3.12. The molecule has 1 aromatic rings. The first-order chi connectivity index (χ1) is 10.8. The van der Waals surface area contributed by atoms with Gasteiger partial charge < -0.3 is 5.11 Å². The van der Waals surface area contributed by atoms with Crippen molar-refractivity contribution >= 4 is 5.97 Å². The van der Waals surface area contributed by atoms with Crippen LogP contribution in [0.1, 0.15) is 56.4 Å². The van der Waals surface area contributed by atoms with Crippen LogP contribution < -0.4 is 0 Å². The van der Waals surface area contributed by atoms with E-state index in [1.807, 2.05) is 6.20 Å². The average molecular weight is 299 g/mol. The van der Waals surface area contributed by atoms with Crippen LogP contribution in [-0.4, -0.2) is 16.1 Å². The Morgan fingerprint density at radius 2 is 2.18 bits per heavy atom. The molecular weight excluding hydrogens is 274 g/mol. The minimum atomic E-state index is -0.696. The highest BCUT2D eigenvalue weighted by Gasteiger charge is 2.47. The second-order valence-electron chi connectivity index (χ2n) is 6.80. The fourth-order valence-electron chi connectivity index (χ4n) is 4.58. The number of fused-ring (bicyclic) bond motifs is 2. The van der Waals surface area contributed by atoms with Gasteiger partial charge in [-0.05, 0) is 73.8 Å². The van der Waals surface area contributed by atoms with Gasteiger partial charge in [0.1, 0.15) is 0 Å². The molecule has 2 bridgehead atoms. The summed E-state index contributed by atoms with van der Waals surface area (Å²) in [5.74, 6) is 2.45. The standard InChI is InChI=1S/C19H25NO2/c21-18(22)8-4-2-1-3-7-17-14-9-10-15(12-14)19(17)16-6-5-11-20-13-16/h1,3,5-6,11,13-15,17,19H,2,4,7-10,12H2,(H,21,22)/b3-1-/t14-,15+,17+,19+/m0/s1. The molecule has 2 aliphatic rings. The van der Waals surface area contributed by atoms with Crippen LogP contribution in [0.5, 0.6) is 0 Å². The number of carbonyl (C=O) groups is 1. The van der Waals surface area contributed by atoms with E-state index in [4.69, 9.17) is 5.11 Å². The lowest BCUT2D eigenvalue weighted by molar-refractivity contribution is -0.137. The zero-order valence-corrected chi connectivity index (χ0v) is 13.0. The predicted octanol–water partition coefficient (Wildman–Crippen LogP) is 4.41. The zero-order chi connectivity index (χ0) is 15.4. The maximum absolute atomic E-state index is 10.5. The second kappa shape index (κ2) is 7.08. The molecule has 3 rings (SSSR count). The molecule has 2 fully saturated rings. The highest BCUT2D eigenvalue weighted by Crippen LogP contribution is 2.57. The Morgan fingerprint density at radius 1 is 1.32 bits per heavy atom. The van der Waals surface area contributed by atoms with Crippen molar-refractivity contribution in [3.63, 3.8) is 0 Å². The van der Waals surface area contributed by atoms with Crippen LogP contribution in [0.15, 0.2) is 36.7 Å². The zero-order valence-electron chi connectivity index (χ0n) is 13.0. The number of aliphatic carboxylic acids is 1. The number of unbranched alkanes of at least 4 members (excludes halogenated alkanes) is 1. The van der Waals surface area contributed by atoms with Crippen molar-refractivity contribution in [2.75, 3.05) is 0 Å². The Labute approximate surface area is 132 Å². The molecule has 4 atom stereocenters. The van der Waals surface area contributed by atoms with Gasteiger partial charge >= 0.3 is 5.97 Å². The van der Waals surface area contributed by atoms with E-state index in [-0.39, 0.29) is 6.42 Å². The van der Waals surface area contributed by atoms with Crippen molar-refractivity contribution in [1.82, 2.24) is 4.98 Å². The number of hydrogen-bond acceptors (Lipinski definition) is 2. The predicted molar refractivity (Wildman–Crippen MR) is 86.5 cm³/mol. The molecule has 3 heteroatoms. The molecule has 0 unspecified atom stereocenters. The van der Waals surface area contributed by atoms with Crippen molar-refractivity contribution in [1.29, 1.82) is 0 Å². The molecule has 0 amide bonds. The van der Waals surface area contributed by atoms with Crippen LogP contribution in [0.4, 0.5) is 0 Å². The smallest absolute Gasteiger partial charge is 0.303 e. The van der Waals surface area contributed by atoms with E-state index in [0.29, 0.717) is 5.92 Å². The van der Waals surface area contributed by atoms with E-state index in [1.54, 1.807) is 0 Å². The van der Waals surface area contributed by atoms with E-state index in [9.17, 15) is 4.79 Å². The highest BCUT2D eigenvalue weighted by atomic mass is 16.4. The van der Waals surface area contributed by atoms with Crippen molar-refractivity contribution in [3.05, 3.63) is 42.2 Å². The lowest BCUT2D eigenvalue weighted by Gasteiger charge is -2.30. The number of carboxylic acid groups (broad SMARTS) is 1. The third kappa shape index (κ3) is 3.40. The normalized spacial score (nSPS) is 30.2. The first kappa shape index (κ1) is 15.3. The number of aromatic nitrogens is 1. The van der Waals surface area contributed by atoms with E-state index in [1.165, 1.54) is 24.8 Å². The largest absolute Gasteiger partial charge is 0.481 e. The minimum Gasteiger partial charge on any atom is -0.481 e. The molecule has 2 aliphatic carbocycles.